The molecule has 1 heterocycles. The van der Waals surface area contributed by atoms with Crippen LogP contribution in [0.15, 0.2) is 12.1 Å². The first-order chi connectivity index (χ1) is 9.76. The highest BCUT2D eigenvalue weighted by Gasteiger charge is 2.29. The number of pyridine rings is 1. The Morgan fingerprint density at radius 2 is 1.75 bits per heavy atom. The van der Waals surface area contributed by atoms with Crippen molar-refractivity contribution in [2.45, 2.75) is 57.8 Å². The molecule has 0 atom stereocenters. The number of halogens is 1. The zero-order valence-electron chi connectivity index (χ0n) is 12.3. The lowest BCUT2D eigenvalue weighted by molar-refractivity contribution is 0.292. The van der Waals surface area contributed by atoms with E-state index in [1.54, 1.807) is 6.07 Å². The predicted octanol–water partition coefficient (Wildman–Crippen LogP) is 4.69. The van der Waals surface area contributed by atoms with Crippen LogP contribution in [0, 0.1) is 17.8 Å². The minimum Gasteiger partial charge on any atom is -0.489 e. The van der Waals surface area contributed by atoms with Crippen molar-refractivity contribution in [2.24, 2.45) is 11.8 Å². The van der Waals surface area contributed by atoms with Gasteiger partial charge in [0.25, 0.3) is 5.95 Å². The van der Waals surface area contributed by atoms with Crippen molar-refractivity contribution in [1.82, 2.24) is 4.98 Å². The van der Waals surface area contributed by atoms with E-state index in [2.05, 4.69) is 4.98 Å². The summed E-state index contributed by atoms with van der Waals surface area (Å²) in [7, 11) is 0. The van der Waals surface area contributed by atoms with E-state index in [-0.39, 0.29) is 5.75 Å². The first kappa shape index (κ1) is 13.8. The van der Waals surface area contributed by atoms with Gasteiger partial charge in [-0.25, -0.2) is 4.98 Å². The van der Waals surface area contributed by atoms with Crippen LogP contribution in [0.5, 0.6) is 5.75 Å². The average molecular weight is 277 g/mol. The fourth-order valence-corrected chi connectivity index (χ4v) is 3.44. The van der Waals surface area contributed by atoms with Crippen LogP contribution in [0.2, 0.25) is 0 Å². The summed E-state index contributed by atoms with van der Waals surface area (Å²) in [5.41, 5.74) is 0.913. The highest BCUT2D eigenvalue weighted by atomic mass is 19.1. The third kappa shape index (κ3) is 3.31. The molecule has 20 heavy (non-hydrogen) atoms. The topological polar surface area (TPSA) is 22.1 Å². The second-order valence-electron chi connectivity index (χ2n) is 6.35. The van der Waals surface area contributed by atoms with Crippen molar-refractivity contribution in [3.8, 4) is 5.75 Å². The van der Waals surface area contributed by atoms with Gasteiger partial charge < -0.3 is 4.74 Å². The molecular formula is C17H24FNO. The van der Waals surface area contributed by atoms with Gasteiger partial charge in [-0.2, -0.15) is 4.39 Å². The largest absolute Gasteiger partial charge is 0.489 e. The first-order valence-electron chi connectivity index (χ1n) is 8.05. The summed E-state index contributed by atoms with van der Waals surface area (Å²) in [4.78, 5) is 4.12. The summed E-state index contributed by atoms with van der Waals surface area (Å²) in [6.07, 6.45) is 9.24. The molecule has 2 fully saturated rings. The zero-order chi connectivity index (χ0) is 13.9. The van der Waals surface area contributed by atoms with E-state index in [1.807, 2.05) is 13.0 Å². The van der Waals surface area contributed by atoms with Gasteiger partial charge in [0.1, 0.15) is 0 Å². The Labute approximate surface area is 120 Å². The molecule has 3 rings (SSSR count). The Morgan fingerprint density at radius 1 is 1.10 bits per heavy atom. The van der Waals surface area contributed by atoms with Crippen LogP contribution in [0.25, 0.3) is 0 Å². The fourth-order valence-electron chi connectivity index (χ4n) is 3.44. The molecule has 0 unspecified atom stereocenters. The van der Waals surface area contributed by atoms with Crippen molar-refractivity contribution < 1.29 is 9.13 Å². The summed E-state index contributed by atoms with van der Waals surface area (Å²) in [6, 6.07) is 3.68. The lowest BCUT2D eigenvalue weighted by Gasteiger charge is -2.28. The third-order valence-electron chi connectivity index (χ3n) is 4.76. The molecule has 0 saturated heterocycles. The molecule has 0 spiro atoms. The van der Waals surface area contributed by atoms with Crippen molar-refractivity contribution in [3.63, 3.8) is 0 Å². The van der Waals surface area contributed by atoms with Crippen LogP contribution in [-0.4, -0.2) is 11.6 Å². The average Bonchev–Trinajstić information content (AvgIpc) is 3.26. The summed E-state index contributed by atoms with van der Waals surface area (Å²) in [5.74, 6) is 2.20. The molecule has 1 aromatic heterocycles. The summed E-state index contributed by atoms with van der Waals surface area (Å²) in [6.45, 7) is 2.33. The van der Waals surface area contributed by atoms with Gasteiger partial charge in [0.15, 0.2) is 5.75 Å². The van der Waals surface area contributed by atoms with Gasteiger partial charge in [0, 0.05) is 11.6 Å². The van der Waals surface area contributed by atoms with E-state index >= 15 is 0 Å². The molecule has 2 aliphatic carbocycles. The number of hydrogen-bond donors (Lipinski definition) is 0. The summed E-state index contributed by atoms with van der Waals surface area (Å²) < 4.78 is 19.0. The number of hydrogen-bond acceptors (Lipinski definition) is 2. The number of rotatable bonds is 5. The Hall–Kier alpha value is -1.12. The van der Waals surface area contributed by atoms with E-state index in [0.29, 0.717) is 12.5 Å². The molecule has 0 aromatic carbocycles. The summed E-state index contributed by atoms with van der Waals surface area (Å²) in [5, 5.41) is 0. The molecule has 0 radical (unpaired) electrons. The second kappa shape index (κ2) is 6.11. The molecule has 0 bridgehead atoms. The highest BCUT2D eigenvalue weighted by molar-refractivity contribution is 5.23. The second-order valence-corrected chi connectivity index (χ2v) is 6.35. The van der Waals surface area contributed by atoms with Crippen molar-refractivity contribution in [2.75, 3.05) is 6.61 Å². The van der Waals surface area contributed by atoms with Crippen LogP contribution in [0.4, 0.5) is 4.39 Å². The van der Waals surface area contributed by atoms with Crippen molar-refractivity contribution in [1.29, 1.82) is 0 Å². The van der Waals surface area contributed by atoms with Crippen molar-refractivity contribution in [3.05, 3.63) is 23.8 Å². The smallest absolute Gasteiger partial charge is 0.255 e. The molecule has 2 saturated carbocycles. The monoisotopic (exact) mass is 277 g/mol. The Kier molecular flexibility index (Phi) is 4.23. The van der Waals surface area contributed by atoms with E-state index in [4.69, 9.17) is 4.74 Å². The van der Waals surface area contributed by atoms with E-state index in [9.17, 15) is 4.39 Å². The van der Waals surface area contributed by atoms with E-state index < -0.39 is 5.95 Å². The maximum atomic E-state index is 13.8. The Morgan fingerprint density at radius 3 is 2.30 bits per heavy atom. The van der Waals surface area contributed by atoms with Crippen LogP contribution in [0.1, 0.15) is 63.5 Å². The predicted molar refractivity (Wildman–Crippen MR) is 77.4 cm³/mol. The molecule has 0 aliphatic heterocycles. The maximum absolute atomic E-state index is 13.8. The first-order valence-corrected chi connectivity index (χ1v) is 8.05. The SMILES string of the molecule is CCOc1ccc(C2CCC(CC3CC3)CC2)nc1F. The van der Waals surface area contributed by atoms with Crippen molar-refractivity contribution >= 4 is 0 Å². The van der Waals surface area contributed by atoms with Crippen LogP contribution in [-0.2, 0) is 0 Å². The number of ether oxygens (including phenoxy) is 1. The van der Waals surface area contributed by atoms with E-state index in [0.717, 1.165) is 30.4 Å². The van der Waals surface area contributed by atoms with Gasteiger partial charge in [0.05, 0.1) is 6.61 Å². The van der Waals surface area contributed by atoms with Gasteiger partial charge in [0.2, 0.25) is 0 Å². The molecule has 0 N–H and O–H groups in total. The van der Waals surface area contributed by atoms with Crippen LogP contribution in [0.3, 0.4) is 0 Å². The molecule has 0 amide bonds. The molecule has 2 nitrogen and oxygen atoms in total. The van der Waals surface area contributed by atoms with Crippen LogP contribution >= 0.6 is 0 Å². The Balaban J connectivity index is 1.58. The molecule has 3 heteroatoms. The normalized spacial score (nSPS) is 26.5. The lowest BCUT2D eigenvalue weighted by atomic mass is 9.78. The minimum absolute atomic E-state index is 0.277. The van der Waals surface area contributed by atoms with Gasteiger partial charge >= 0.3 is 0 Å². The quantitative estimate of drug-likeness (QED) is 0.728. The van der Waals surface area contributed by atoms with E-state index in [1.165, 1.54) is 32.1 Å². The third-order valence-corrected chi connectivity index (χ3v) is 4.76. The maximum Gasteiger partial charge on any atom is 0.255 e. The molecule has 2 aliphatic rings. The van der Waals surface area contributed by atoms with Gasteiger partial charge in [-0.15, -0.1) is 0 Å². The summed E-state index contributed by atoms with van der Waals surface area (Å²) >= 11 is 0. The van der Waals surface area contributed by atoms with Gasteiger partial charge in [-0.3, -0.25) is 0 Å². The highest BCUT2D eigenvalue weighted by Crippen LogP contribution is 2.43. The molecule has 1 aromatic rings. The molecular weight excluding hydrogens is 253 g/mol. The Bertz CT molecular complexity index is 450. The lowest BCUT2D eigenvalue weighted by Crippen LogP contribution is -2.15. The number of nitrogens with zero attached hydrogens (tertiary/aromatic N) is 1. The van der Waals surface area contributed by atoms with Gasteiger partial charge in [-0.05, 0) is 63.0 Å². The molecule has 110 valence electrons. The standard InChI is InChI=1S/C17H24FNO/c1-2-20-16-10-9-15(19-17(16)18)14-7-5-13(6-8-14)11-12-3-4-12/h9-10,12-14H,2-8,11H2,1H3. The fraction of sp³-hybridized carbons (Fsp3) is 0.706. The van der Waals surface area contributed by atoms with Crippen LogP contribution < -0.4 is 4.74 Å². The number of aromatic nitrogens is 1. The zero-order valence-corrected chi connectivity index (χ0v) is 12.3. The van der Waals surface area contributed by atoms with Gasteiger partial charge in [-0.1, -0.05) is 12.8 Å². The minimum atomic E-state index is -0.454.